The molecule has 0 nitrogen and oxygen atoms in total. The third-order valence-corrected chi connectivity index (χ3v) is 21.0. The van der Waals surface area contributed by atoms with Crippen LogP contribution >= 0.6 is 191 Å². The number of hydrogen-bond acceptors (Lipinski definition) is 0. The summed E-state index contributed by atoms with van der Waals surface area (Å²) >= 11 is 45.2. The smallest absolute Gasteiger partial charge is 0.0669 e. The second-order valence-corrected chi connectivity index (χ2v) is 20.3. The molecule has 0 aliphatic rings. The molecule has 2 rings (SSSR count). The van der Waals surface area contributed by atoms with Crippen LogP contribution in [0.15, 0.2) is 51.1 Å². The van der Waals surface area contributed by atoms with Crippen LogP contribution in [0.25, 0.3) is 0 Å². The van der Waals surface area contributed by atoms with Gasteiger partial charge in [-0.3, -0.25) is 0 Å². The normalized spacial score (nSPS) is 13.2. The number of halogens is 12. The fraction of sp³-hybridized carbons (Fsp3) is 0.200. The van der Waals surface area contributed by atoms with Crippen LogP contribution in [-0.4, -0.2) is 3.23 Å². The van der Waals surface area contributed by atoms with E-state index in [1.807, 2.05) is 24.3 Å². The van der Waals surface area contributed by atoms with Crippen LogP contribution in [0, 0.1) is 0 Å². The molecule has 0 atom stereocenters. The lowest BCUT2D eigenvalue weighted by molar-refractivity contribution is 0.728. The largest absolute Gasteiger partial charge is 0.139 e. The molecular formula is C15H4Br12. The first-order chi connectivity index (χ1) is 12.2. The Morgan fingerprint density at radius 3 is 1.37 bits per heavy atom. The Bertz CT molecular complexity index is 858. The molecule has 0 unspecified atom stereocenters. The summed E-state index contributed by atoms with van der Waals surface area (Å²) < 4.78 is 2.99. The highest BCUT2D eigenvalue weighted by molar-refractivity contribution is 9.32. The highest BCUT2D eigenvalue weighted by Crippen LogP contribution is 2.70. The number of benzene rings is 2. The van der Waals surface area contributed by atoms with Gasteiger partial charge in [0.15, 0.2) is 0 Å². The predicted octanol–water partition coefficient (Wildman–Crippen LogP) is 12.3. The molecule has 0 aromatic heterocycles. The zero-order valence-corrected chi connectivity index (χ0v) is 31.4. The Morgan fingerprint density at radius 1 is 0.519 bits per heavy atom. The minimum Gasteiger partial charge on any atom is -0.0669 e. The summed E-state index contributed by atoms with van der Waals surface area (Å²) in [5.74, 6) is 0. The molecule has 0 saturated heterocycles. The highest BCUT2D eigenvalue weighted by Gasteiger charge is 2.60. The summed E-state index contributed by atoms with van der Waals surface area (Å²) in [5.41, 5.74) is 1.90. The Labute approximate surface area is 258 Å². The molecular weight excluding hydrogens is 1140 g/mol. The van der Waals surface area contributed by atoms with Crippen molar-refractivity contribution in [2.75, 3.05) is 0 Å². The van der Waals surface area contributed by atoms with E-state index in [4.69, 9.17) is 0 Å². The molecule has 148 valence electrons. The van der Waals surface area contributed by atoms with Crippen molar-refractivity contribution < 1.29 is 0 Å². The zero-order valence-electron chi connectivity index (χ0n) is 12.3. The second-order valence-electron chi connectivity index (χ2n) is 5.15. The van der Waals surface area contributed by atoms with Gasteiger partial charge >= 0.3 is 0 Å². The van der Waals surface area contributed by atoms with Gasteiger partial charge in [0, 0.05) is 32.4 Å². The maximum atomic E-state index is 3.89. The Hall–Kier alpha value is 4.20. The predicted molar refractivity (Wildman–Crippen MR) is 159 cm³/mol. The zero-order chi connectivity index (χ0) is 20.9. The molecule has 0 amide bonds. The number of hydrogen-bond donors (Lipinski definition) is 0. The summed E-state index contributed by atoms with van der Waals surface area (Å²) in [6.45, 7) is 0. The van der Waals surface area contributed by atoms with E-state index in [2.05, 4.69) is 191 Å². The fourth-order valence-electron chi connectivity index (χ4n) is 2.12. The van der Waals surface area contributed by atoms with Crippen molar-refractivity contribution in [1.82, 2.24) is 0 Å². The summed E-state index contributed by atoms with van der Waals surface area (Å²) in [6.07, 6.45) is 0. The van der Waals surface area contributed by atoms with Gasteiger partial charge in [-0.1, -0.05) is 130 Å². The maximum absolute atomic E-state index is 3.89. The number of alkyl halides is 6. The topological polar surface area (TPSA) is 0 Å². The molecule has 0 spiro atoms. The van der Waals surface area contributed by atoms with Gasteiger partial charge in [-0.15, -0.1) is 0 Å². The molecule has 0 aliphatic carbocycles. The van der Waals surface area contributed by atoms with E-state index in [1.165, 1.54) is 0 Å². The number of rotatable bonds is 4. The lowest BCUT2D eigenvalue weighted by Crippen LogP contribution is -2.44. The third-order valence-electron chi connectivity index (χ3n) is 3.52. The summed E-state index contributed by atoms with van der Waals surface area (Å²) in [6, 6.07) is 7.97. The third kappa shape index (κ3) is 5.02. The van der Waals surface area contributed by atoms with Gasteiger partial charge in [-0.25, -0.2) is 0 Å². The molecule has 0 N–H and O–H groups in total. The second kappa shape index (κ2) is 10.2. The Morgan fingerprint density at radius 2 is 0.926 bits per heavy atom. The van der Waals surface area contributed by atoms with E-state index in [0.29, 0.717) is 0 Å². The fourth-order valence-corrected chi connectivity index (χ4v) is 12.5. The monoisotopic (exact) mass is 1130 g/mol. The highest BCUT2D eigenvalue weighted by atomic mass is 79.9. The molecule has 12 heteroatoms. The standard InChI is InChI=1S/C15H4Br12/c16-6-4-2-1-3-5(6)13(22,23)15(26,27)14(24,25)7-8(17)10(19)12(21)11(20)9(7)18/h1-4H. The van der Waals surface area contributed by atoms with Gasteiger partial charge < -0.3 is 0 Å². The average molecular weight is 1140 g/mol. The van der Waals surface area contributed by atoms with Crippen LogP contribution in [0.1, 0.15) is 11.1 Å². The minimum atomic E-state index is -0.807. The molecule has 0 radical (unpaired) electrons. The molecule has 0 fully saturated rings. The van der Waals surface area contributed by atoms with E-state index >= 15 is 0 Å². The first-order valence-electron chi connectivity index (χ1n) is 6.60. The Balaban J connectivity index is 2.78. The molecule has 2 aromatic rings. The molecule has 27 heavy (non-hydrogen) atoms. The van der Waals surface area contributed by atoms with Gasteiger partial charge in [0.2, 0.25) is 0 Å². The SMILES string of the molecule is Brc1ccccc1C(Br)(Br)C(Br)(Br)C(Br)(Br)c1c(Br)c(Br)c(Br)c(Br)c1Br. The van der Waals surface area contributed by atoms with Crippen molar-refractivity contribution >= 4 is 191 Å². The molecule has 0 heterocycles. The van der Waals surface area contributed by atoms with Crippen molar-refractivity contribution in [2.24, 2.45) is 0 Å². The van der Waals surface area contributed by atoms with Crippen molar-refractivity contribution in [1.29, 1.82) is 0 Å². The van der Waals surface area contributed by atoms with Crippen molar-refractivity contribution in [2.45, 2.75) is 9.70 Å². The van der Waals surface area contributed by atoms with E-state index < -0.39 is 9.70 Å². The first-order valence-corrected chi connectivity index (χ1v) is 16.1. The van der Waals surface area contributed by atoms with E-state index in [1.54, 1.807) is 0 Å². The molecule has 0 aliphatic heterocycles. The lowest BCUT2D eigenvalue weighted by atomic mass is 10.0. The van der Waals surface area contributed by atoms with Crippen molar-refractivity contribution in [3.63, 3.8) is 0 Å². The van der Waals surface area contributed by atoms with Crippen LogP contribution in [0.4, 0.5) is 0 Å². The lowest BCUT2D eigenvalue weighted by Gasteiger charge is -2.45. The quantitative estimate of drug-likeness (QED) is 0.163. The van der Waals surface area contributed by atoms with Crippen LogP contribution in [0.2, 0.25) is 0 Å². The summed E-state index contributed by atoms with van der Waals surface area (Å²) in [5, 5.41) is 0. The minimum absolute atomic E-state index is 0.731. The van der Waals surface area contributed by atoms with E-state index in [0.717, 1.165) is 38.0 Å². The van der Waals surface area contributed by atoms with Gasteiger partial charge in [-0.2, -0.15) is 0 Å². The van der Waals surface area contributed by atoms with Crippen LogP contribution < -0.4 is 0 Å². The Kier molecular flexibility index (Phi) is 10.4. The van der Waals surface area contributed by atoms with Crippen molar-refractivity contribution in [3.8, 4) is 0 Å². The van der Waals surface area contributed by atoms with Crippen LogP contribution in [-0.2, 0) is 6.47 Å². The van der Waals surface area contributed by atoms with Gasteiger partial charge in [-0.05, 0) is 91.3 Å². The van der Waals surface area contributed by atoms with Crippen LogP contribution in [0.5, 0.6) is 0 Å². The van der Waals surface area contributed by atoms with Gasteiger partial charge in [0.1, 0.15) is 9.70 Å². The summed E-state index contributed by atoms with van der Waals surface area (Å²) in [4.78, 5) is 0. The maximum Gasteiger partial charge on any atom is 0.139 e. The van der Waals surface area contributed by atoms with Crippen molar-refractivity contribution in [3.05, 3.63) is 62.2 Å². The molecule has 0 saturated carbocycles. The van der Waals surface area contributed by atoms with E-state index in [-0.39, 0.29) is 0 Å². The van der Waals surface area contributed by atoms with E-state index in [9.17, 15) is 0 Å². The average Bonchev–Trinajstić information content (AvgIpc) is 2.58. The molecule has 0 bridgehead atoms. The first kappa shape index (κ1) is 27.4. The molecule has 2 aromatic carbocycles. The van der Waals surface area contributed by atoms with Gasteiger partial charge in [0.25, 0.3) is 0 Å². The van der Waals surface area contributed by atoms with Gasteiger partial charge in [0.05, 0.1) is 0 Å². The van der Waals surface area contributed by atoms with Crippen LogP contribution in [0.3, 0.4) is 0 Å². The summed E-state index contributed by atoms with van der Waals surface area (Å²) in [7, 11) is 0.